The first kappa shape index (κ1) is 13.7. The number of hydrogen-bond acceptors (Lipinski definition) is 2. The van der Waals surface area contributed by atoms with Crippen LogP contribution in [0.15, 0.2) is 0 Å². The highest BCUT2D eigenvalue weighted by atomic mass is 19.4. The van der Waals surface area contributed by atoms with Crippen molar-refractivity contribution in [1.29, 1.82) is 0 Å². The molecular formula is C9H18F3NO. The Morgan fingerprint density at radius 1 is 1.29 bits per heavy atom. The van der Waals surface area contributed by atoms with E-state index in [0.29, 0.717) is 6.61 Å². The minimum Gasteiger partial charge on any atom is -0.385 e. The molecule has 0 aliphatic heterocycles. The van der Waals surface area contributed by atoms with Crippen molar-refractivity contribution < 1.29 is 17.9 Å². The fourth-order valence-electron chi connectivity index (χ4n) is 1.24. The zero-order chi connectivity index (χ0) is 11.0. The van der Waals surface area contributed by atoms with Crippen LogP contribution < -0.4 is 5.32 Å². The fourth-order valence-corrected chi connectivity index (χ4v) is 1.24. The maximum atomic E-state index is 11.9. The number of hydrogen-bond donors (Lipinski definition) is 1. The average Bonchev–Trinajstić information content (AvgIpc) is 2.09. The van der Waals surface area contributed by atoms with Crippen LogP contribution in [-0.2, 0) is 4.74 Å². The molecule has 0 aromatic carbocycles. The maximum absolute atomic E-state index is 11.9. The molecule has 1 unspecified atom stereocenters. The Hall–Kier alpha value is -0.290. The second-order valence-corrected chi connectivity index (χ2v) is 3.27. The molecule has 5 heteroatoms. The quantitative estimate of drug-likeness (QED) is 0.655. The largest absolute Gasteiger partial charge is 0.389 e. The van der Waals surface area contributed by atoms with Crippen LogP contribution in [0.5, 0.6) is 0 Å². The summed E-state index contributed by atoms with van der Waals surface area (Å²) in [5, 5.41) is 2.88. The molecule has 0 heterocycles. The van der Waals surface area contributed by atoms with Crippen LogP contribution in [0, 0.1) is 0 Å². The summed E-state index contributed by atoms with van der Waals surface area (Å²) in [4.78, 5) is 0. The highest BCUT2D eigenvalue weighted by Gasteiger charge is 2.27. The van der Waals surface area contributed by atoms with Gasteiger partial charge in [0, 0.05) is 26.2 Å². The summed E-state index contributed by atoms with van der Waals surface area (Å²) >= 11 is 0. The molecular weight excluding hydrogens is 195 g/mol. The molecule has 0 aliphatic carbocycles. The van der Waals surface area contributed by atoms with Crippen LogP contribution in [0.4, 0.5) is 13.2 Å². The second-order valence-electron chi connectivity index (χ2n) is 3.27. The fraction of sp³-hybridized carbons (Fsp3) is 1.00. The van der Waals surface area contributed by atoms with Gasteiger partial charge in [-0.05, 0) is 26.3 Å². The predicted molar refractivity (Wildman–Crippen MR) is 49.2 cm³/mol. The van der Waals surface area contributed by atoms with Crippen LogP contribution in [-0.4, -0.2) is 33.0 Å². The lowest BCUT2D eigenvalue weighted by molar-refractivity contribution is -0.136. The number of ether oxygens (including phenoxy) is 1. The molecule has 0 aliphatic rings. The van der Waals surface area contributed by atoms with Gasteiger partial charge in [-0.15, -0.1) is 0 Å². The summed E-state index contributed by atoms with van der Waals surface area (Å²) < 4.78 is 40.5. The summed E-state index contributed by atoms with van der Waals surface area (Å²) in [5.41, 5.74) is 0. The van der Waals surface area contributed by atoms with Gasteiger partial charge in [0.15, 0.2) is 0 Å². The molecule has 0 saturated carbocycles. The monoisotopic (exact) mass is 213 g/mol. The molecule has 0 radical (unpaired) electrons. The first-order valence-electron chi connectivity index (χ1n) is 4.72. The van der Waals surface area contributed by atoms with E-state index in [1.54, 1.807) is 14.2 Å². The first-order chi connectivity index (χ1) is 6.49. The smallest absolute Gasteiger partial charge is 0.385 e. The van der Waals surface area contributed by atoms with Gasteiger partial charge in [0.1, 0.15) is 0 Å². The molecule has 0 amide bonds. The molecule has 0 rings (SSSR count). The van der Waals surface area contributed by atoms with Gasteiger partial charge in [-0.2, -0.15) is 13.2 Å². The van der Waals surface area contributed by atoms with E-state index in [0.717, 1.165) is 12.8 Å². The van der Waals surface area contributed by atoms with Crippen molar-refractivity contribution in [1.82, 2.24) is 5.32 Å². The van der Waals surface area contributed by atoms with E-state index in [1.165, 1.54) is 0 Å². The van der Waals surface area contributed by atoms with Crippen molar-refractivity contribution in [2.24, 2.45) is 0 Å². The third-order valence-corrected chi connectivity index (χ3v) is 2.09. The zero-order valence-corrected chi connectivity index (χ0v) is 8.66. The van der Waals surface area contributed by atoms with E-state index in [-0.39, 0.29) is 12.5 Å². The Morgan fingerprint density at radius 3 is 2.36 bits per heavy atom. The molecule has 86 valence electrons. The van der Waals surface area contributed by atoms with Gasteiger partial charge in [-0.3, -0.25) is 0 Å². The normalized spacial score (nSPS) is 14.4. The van der Waals surface area contributed by atoms with E-state index in [1.807, 2.05) is 0 Å². The van der Waals surface area contributed by atoms with Crippen LogP contribution in [0.25, 0.3) is 0 Å². The summed E-state index contributed by atoms with van der Waals surface area (Å²) in [6.07, 6.45) is -3.11. The topological polar surface area (TPSA) is 21.3 Å². The van der Waals surface area contributed by atoms with Gasteiger partial charge in [-0.25, -0.2) is 0 Å². The minimum atomic E-state index is -4.05. The van der Waals surface area contributed by atoms with Gasteiger partial charge in [0.2, 0.25) is 0 Å². The standard InChI is InChI=1S/C9H18F3NO/c1-13-8(4-3-7-14-2)5-6-9(10,11)12/h8,13H,3-7H2,1-2H3. The molecule has 2 nitrogen and oxygen atoms in total. The van der Waals surface area contributed by atoms with Crippen molar-refractivity contribution >= 4 is 0 Å². The number of methoxy groups -OCH3 is 1. The summed E-state index contributed by atoms with van der Waals surface area (Å²) in [6.45, 7) is 0.601. The van der Waals surface area contributed by atoms with E-state index in [2.05, 4.69) is 5.32 Å². The number of halogens is 3. The van der Waals surface area contributed by atoms with Gasteiger partial charge < -0.3 is 10.1 Å². The third kappa shape index (κ3) is 8.31. The molecule has 1 atom stereocenters. The first-order valence-corrected chi connectivity index (χ1v) is 4.72. The Bertz CT molecular complexity index is 139. The van der Waals surface area contributed by atoms with Crippen LogP contribution in [0.3, 0.4) is 0 Å². The third-order valence-electron chi connectivity index (χ3n) is 2.09. The summed E-state index contributed by atoms with van der Waals surface area (Å²) in [5.74, 6) is 0. The van der Waals surface area contributed by atoms with E-state index >= 15 is 0 Å². The van der Waals surface area contributed by atoms with Gasteiger partial charge in [0.25, 0.3) is 0 Å². The molecule has 14 heavy (non-hydrogen) atoms. The lowest BCUT2D eigenvalue weighted by atomic mass is 10.1. The van der Waals surface area contributed by atoms with E-state index in [9.17, 15) is 13.2 Å². The molecule has 0 spiro atoms. The van der Waals surface area contributed by atoms with Crippen molar-refractivity contribution in [3.8, 4) is 0 Å². The number of rotatable bonds is 7. The Kier molecular flexibility index (Phi) is 6.92. The van der Waals surface area contributed by atoms with Crippen molar-refractivity contribution in [3.05, 3.63) is 0 Å². The van der Waals surface area contributed by atoms with Crippen LogP contribution in [0.2, 0.25) is 0 Å². The minimum absolute atomic E-state index is 0.0632. The van der Waals surface area contributed by atoms with Crippen molar-refractivity contribution in [2.45, 2.75) is 37.9 Å². The molecule has 0 bridgehead atoms. The molecule has 1 N–H and O–H groups in total. The zero-order valence-electron chi connectivity index (χ0n) is 8.66. The highest BCUT2D eigenvalue weighted by Crippen LogP contribution is 2.23. The lowest BCUT2D eigenvalue weighted by Crippen LogP contribution is -2.27. The Labute approximate surface area is 82.8 Å². The van der Waals surface area contributed by atoms with E-state index in [4.69, 9.17) is 4.74 Å². The molecule has 0 saturated heterocycles. The Balaban J connectivity index is 3.58. The van der Waals surface area contributed by atoms with E-state index < -0.39 is 12.6 Å². The molecule has 0 aromatic heterocycles. The SMILES string of the molecule is CNC(CCCOC)CCC(F)(F)F. The van der Waals surface area contributed by atoms with Gasteiger partial charge in [-0.1, -0.05) is 0 Å². The van der Waals surface area contributed by atoms with Gasteiger partial charge >= 0.3 is 6.18 Å². The van der Waals surface area contributed by atoms with Crippen molar-refractivity contribution in [2.75, 3.05) is 20.8 Å². The number of nitrogens with one attached hydrogen (secondary N) is 1. The molecule has 0 fully saturated rings. The number of alkyl halides is 3. The van der Waals surface area contributed by atoms with Crippen molar-refractivity contribution in [3.63, 3.8) is 0 Å². The van der Waals surface area contributed by atoms with Crippen LogP contribution >= 0.6 is 0 Å². The predicted octanol–water partition coefficient (Wildman–Crippen LogP) is 2.34. The summed E-state index contributed by atoms with van der Waals surface area (Å²) in [6, 6.07) is -0.0632. The maximum Gasteiger partial charge on any atom is 0.389 e. The second kappa shape index (κ2) is 7.06. The lowest BCUT2D eigenvalue weighted by Gasteiger charge is -2.16. The Morgan fingerprint density at radius 2 is 1.93 bits per heavy atom. The summed E-state index contributed by atoms with van der Waals surface area (Å²) in [7, 11) is 3.28. The van der Waals surface area contributed by atoms with Crippen LogP contribution in [0.1, 0.15) is 25.7 Å². The molecule has 0 aromatic rings. The highest BCUT2D eigenvalue weighted by molar-refractivity contribution is 4.66. The average molecular weight is 213 g/mol. The van der Waals surface area contributed by atoms with Gasteiger partial charge in [0.05, 0.1) is 0 Å².